The van der Waals surface area contributed by atoms with Crippen LogP contribution in [0.2, 0.25) is 0 Å². The van der Waals surface area contributed by atoms with Crippen LogP contribution in [0.5, 0.6) is 5.75 Å². The summed E-state index contributed by atoms with van der Waals surface area (Å²) < 4.78 is 5.77. The van der Waals surface area contributed by atoms with Crippen LogP contribution in [0.25, 0.3) is 10.2 Å². The molecule has 0 saturated heterocycles. The summed E-state index contributed by atoms with van der Waals surface area (Å²) in [5, 5.41) is 0.950. The molecule has 134 valence electrons. The molecule has 0 radical (unpaired) electrons. The van der Waals surface area contributed by atoms with Crippen molar-refractivity contribution in [2.75, 3.05) is 18.9 Å². The Kier molecular flexibility index (Phi) is 4.24. The third-order valence-corrected chi connectivity index (χ3v) is 6.05. The van der Waals surface area contributed by atoms with Crippen LogP contribution in [0.15, 0.2) is 24.5 Å². The summed E-state index contributed by atoms with van der Waals surface area (Å²) in [7, 11) is 0. The molecule has 2 N–H and O–H groups in total. The van der Waals surface area contributed by atoms with Crippen molar-refractivity contribution in [3.05, 3.63) is 46.1 Å². The van der Waals surface area contributed by atoms with Gasteiger partial charge in [0.25, 0.3) is 5.91 Å². The average molecular weight is 368 g/mol. The molecule has 0 spiro atoms. The van der Waals surface area contributed by atoms with E-state index in [0.29, 0.717) is 18.9 Å². The summed E-state index contributed by atoms with van der Waals surface area (Å²) in [6.45, 7) is 5.32. The first kappa shape index (κ1) is 16.8. The number of nitrogens with two attached hydrogens (primary N) is 1. The van der Waals surface area contributed by atoms with Crippen molar-refractivity contribution in [2.45, 2.75) is 26.8 Å². The van der Waals surface area contributed by atoms with Crippen LogP contribution in [0, 0.1) is 13.8 Å². The van der Waals surface area contributed by atoms with Gasteiger partial charge in [0.1, 0.15) is 22.7 Å². The molecule has 4 rings (SSSR count). The molecule has 0 bridgehead atoms. The molecular formula is C19H20N4O2S. The van der Waals surface area contributed by atoms with Crippen LogP contribution in [0.4, 0.5) is 5.82 Å². The summed E-state index contributed by atoms with van der Waals surface area (Å²) in [6.07, 6.45) is 2.25. The molecule has 6 nitrogen and oxygen atoms in total. The van der Waals surface area contributed by atoms with Gasteiger partial charge in [0.2, 0.25) is 0 Å². The zero-order valence-electron chi connectivity index (χ0n) is 14.8. The number of ether oxygens (including phenoxy) is 1. The van der Waals surface area contributed by atoms with Crippen LogP contribution in [-0.2, 0) is 17.8 Å². The summed E-state index contributed by atoms with van der Waals surface area (Å²) in [5.74, 6) is 1.28. The number of fused-ring (bicyclic) bond motifs is 3. The fraction of sp³-hybridized carbons (Fsp3) is 0.316. The molecular weight excluding hydrogens is 348 g/mol. The van der Waals surface area contributed by atoms with E-state index in [1.807, 2.05) is 36.9 Å². The second-order valence-electron chi connectivity index (χ2n) is 6.49. The van der Waals surface area contributed by atoms with Crippen molar-refractivity contribution in [2.24, 2.45) is 0 Å². The number of benzene rings is 1. The van der Waals surface area contributed by atoms with Crippen molar-refractivity contribution < 1.29 is 9.53 Å². The fourth-order valence-electron chi connectivity index (χ4n) is 3.28. The highest BCUT2D eigenvalue weighted by Crippen LogP contribution is 2.36. The zero-order valence-corrected chi connectivity index (χ0v) is 15.6. The lowest BCUT2D eigenvalue weighted by molar-refractivity contribution is -0.134. The van der Waals surface area contributed by atoms with E-state index in [2.05, 4.69) is 9.97 Å². The fourth-order valence-corrected chi connectivity index (χ4v) is 4.49. The number of hydrogen-bond donors (Lipinski definition) is 1. The van der Waals surface area contributed by atoms with Gasteiger partial charge in [-0.05, 0) is 43.0 Å². The molecule has 7 heteroatoms. The molecule has 3 heterocycles. The zero-order chi connectivity index (χ0) is 18.3. The maximum atomic E-state index is 12.6. The van der Waals surface area contributed by atoms with Gasteiger partial charge in [0.15, 0.2) is 6.61 Å². The molecule has 2 aromatic heterocycles. The highest BCUT2D eigenvalue weighted by Gasteiger charge is 2.26. The van der Waals surface area contributed by atoms with E-state index < -0.39 is 0 Å². The Hall–Kier alpha value is -2.67. The van der Waals surface area contributed by atoms with Gasteiger partial charge in [-0.15, -0.1) is 11.3 Å². The Morgan fingerprint density at radius 3 is 3.04 bits per heavy atom. The number of rotatable bonds is 3. The van der Waals surface area contributed by atoms with Gasteiger partial charge in [0.05, 0.1) is 11.9 Å². The lowest BCUT2D eigenvalue weighted by Crippen LogP contribution is -2.38. The number of hydrogen-bond acceptors (Lipinski definition) is 6. The number of aromatic nitrogens is 2. The van der Waals surface area contributed by atoms with E-state index in [4.69, 9.17) is 10.5 Å². The summed E-state index contributed by atoms with van der Waals surface area (Å²) in [6, 6.07) is 5.88. The number of anilines is 1. The van der Waals surface area contributed by atoms with Gasteiger partial charge < -0.3 is 15.4 Å². The van der Waals surface area contributed by atoms with E-state index in [1.54, 1.807) is 11.3 Å². The second-order valence-corrected chi connectivity index (χ2v) is 7.58. The van der Waals surface area contributed by atoms with Crippen LogP contribution in [0.1, 0.15) is 21.6 Å². The van der Waals surface area contributed by atoms with Gasteiger partial charge in [-0.25, -0.2) is 9.97 Å². The summed E-state index contributed by atoms with van der Waals surface area (Å²) in [4.78, 5) is 24.9. The lowest BCUT2D eigenvalue weighted by Gasteiger charge is -2.27. The van der Waals surface area contributed by atoms with Crippen LogP contribution in [0.3, 0.4) is 0 Å². The SMILES string of the molecule is Cc1cccc(OCC(=O)N2CCc3c(sc4ncnc(N)c34)C2)c1C. The Labute approximate surface area is 155 Å². The molecule has 1 aliphatic rings. The topological polar surface area (TPSA) is 81.3 Å². The molecule has 0 unspecified atom stereocenters. The van der Waals surface area contributed by atoms with Crippen molar-refractivity contribution in [1.29, 1.82) is 0 Å². The Balaban J connectivity index is 1.48. The van der Waals surface area contributed by atoms with Gasteiger partial charge in [-0.2, -0.15) is 0 Å². The minimum Gasteiger partial charge on any atom is -0.483 e. The van der Waals surface area contributed by atoms with Crippen LogP contribution < -0.4 is 10.5 Å². The number of aryl methyl sites for hydroxylation is 1. The Morgan fingerprint density at radius 1 is 1.35 bits per heavy atom. The Bertz CT molecular complexity index is 999. The molecule has 0 atom stereocenters. The standard InChI is InChI=1S/C19H20N4O2S/c1-11-4-3-5-14(12(11)2)25-9-16(24)23-7-6-13-15(8-23)26-19-17(13)18(20)21-10-22-19/h3-5,10H,6-9H2,1-2H3,(H2,20,21,22). The monoisotopic (exact) mass is 368 g/mol. The molecule has 3 aromatic rings. The van der Waals surface area contributed by atoms with Crippen molar-refractivity contribution in [3.8, 4) is 5.75 Å². The van der Waals surface area contributed by atoms with Gasteiger partial charge in [0, 0.05) is 11.4 Å². The third-order valence-electron chi connectivity index (χ3n) is 4.93. The van der Waals surface area contributed by atoms with E-state index >= 15 is 0 Å². The number of nitrogen functional groups attached to an aromatic ring is 1. The number of carbonyl (C=O) groups is 1. The lowest BCUT2D eigenvalue weighted by atomic mass is 10.1. The second kappa shape index (κ2) is 6.57. The molecule has 1 amide bonds. The molecule has 1 aliphatic heterocycles. The number of amides is 1. The predicted octanol–water partition coefficient (Wildman–Crippen LogP) is 2.85. The van der Waals surface area contributed by atoms with Gasteiger partial charge in [-0.1, -0.05) is 12.1 Å². The minimum absolute atomic E-state index is 0.00642. The molecule has 0 saturated carbocycles. The Morgan fingerprint density at radius 2 is 2.19 bits per heavy atom. The first-order chi connectivity index (χ1) is 12.5. The number of carbonyl (C=O) groups excluding carboxylic acids is 1. The average Bonchev–Trinajstić information content (AvgIpc) is 3.01. The van der Waals surface area contributed by atoms with Crippen LogP contribution >= 0.6 is 11.3 Å². The van der Waals surface area contributed by atoms with Crippen LogP contribution in [-0.4, -0.2) is 33.9 Å². The van der Waals surface area contributed by atoms with Crippen molar-refractivity contribution in [3.63, 3.8) is 0 Å². The number of nitrogens with zero attached hydrogens (tertiary/aromatic N) is 3. The third kappa shape index (κ3) is 2.88. The number of thiophene rings is 1. The van der Waals surface area contributed by atoms with Gasteiger partial charge >= 0.3 is 0 Å². The van der Waals surface area contributed by atoms with E-state index in [0.717, 1.165) is 38.4 Å². The maximum Gasteiger partial charge on any atom is 0.260 e. The van der Waals surface area contributed by atoms with Crippen molar-refractivity contribution in [1.82, 2.24) is 14.9 Å². The van der Waals surface area contributed by atoms with E-state index in [-0.39, 0.29) is 12.5 Å². The normalized spacial score (nSPS) is 13.7. The summed E-state index contributed by atoms with van der Waals surface area (Å²) in [5.41, 5.74) is 9.42. The first-order valence-electron chi connectivity index (χ1n) is 8.52. The minimum atomic E-state index is -0.00642. The smallest absolute Gasteiger partial charge is 0.260 e. The highest BCUT2D eigenvalue weighted by molar-refractivity contribution is 7.19. The molecule has 0 fully saturated rings. The van der Waals surface area contributed by atoms with Gasteiger partial charge in [-0.3, -0.25) is 4.79 Å². The molecule has 26 heavy (non-hydrogen) atoms. The largest absolute Gasteiger partial charge is 0.483 e. The predicted molar refractivity (Wildman–Crippen MR) is 102 cm³/mol. The molecule has 0 aliphatic carbocycles. The maximum absolute atomic E-state index is 12.6. The molecule has 1 aromatic carbocycles. The van der Waals surface area contributed by atoms with E-state index in [1.165, 1.54) is 11.9 Å². The highest BCUT2D eigenvalue weighted by atomic mass is 32.1. The van der Waals surface area contributed by atoms with Crippen molar-refractivity contribution >= 4 is 33.3 Å². The quantitative estimate of drug-likeness (QED) is 0.769. The summed E-state index contributed by atoms with van der Waals surface area (Å²) >= 11 is 1.59. The first-order valence-corrected chi connectivity index (χ1v) is 9.33. The van der Waals surface area contributed by atoms with E-state index in [9.17, 15) is 4.79 Å².